The first kappa shape index (κ1) is 14.3. The number of nitrogens with zero attached hydrogens (tertiary/aromatic N) is 2. The maximum atomic E-state index is 5.71. The van der Waals surface area contributed by atoms with E-state index in [1.54, 1.807) is 7.11 Å². The van der Waals surface area contributed by atoms with Gasteiger partial charge in [0.2, 0.25) is 0 Å². The molecule has 5 heteroatoms. The Balaban J connectivity index is 1.56. The van der Waals surface area contributed by atoms with Crippen molar-refractivity contribution in [3.8, 4) is 11.5 Å². The molecular formula is C17H18N2O3. The second kappa shape index (κ2) is 6.39. The number of hydrogen-bond donors (Lipinski definition) is 0. The largest absolute Gasteiger partial charge is 0.497 e. The quantitative estimate of drug-likeness (QED) is 0.698. The van der Waals surface area contributed by atoms with Crippen molar-refractivity contribution < 1.29 is 13.9 Å². The van der Waals surface area contributed by atoms with Gasteiger partial charge in [0.05, 0.1) is 13.7 Å². The van der Waals surface area contributed by atoms with Crippen LogP contribution in [0.15, 0.2) is 52.9 Å². The third kappa shape index (κ3) is 3.14. The lowest BCUT2D eigenvalue weighted by Crippen LogP contribution is -2.23. The molecule has 0 saturated carbocycles. The van der Waals surface area contributed by atoms with Crippen LogP contribution in [0.25, 0.3) is 11.1 Å². The van der Waals surface area contributed by atoms with Crippen LogP contribution in [0.5, 0.6) is 11.5 Å². The van der Waals surface area contributed by atoms with Gasteiger partial charge in [-0.05, 0) is 36.4 Å². The number of fused-ring (bicyclic) bond motifs is 1. The number of hydrogen-bond acceptors (Lipinski definition) is 5. The summed E-state index contributed by atoms with van der Waals surface area (Å²) >= 11 is 0. The van der Waals surface area contributed by atoms with Crippen molar-refractivity contribution in [2.45, 2.75) is 0 Å². The van der Waals surface area contributed by atoms with Gasteiger partial charge in [0.25, 0.3) is 6.01 Å². The Morgan fingerprint density at radius 1 is 1.05 bits per heavy atom. The number of likely N-dealkylation sites (N-methyl/N-ethyl adjacent to an activating group) is 1. The molecule has 3 aromatic rings. The number of benzene rings is 2. The average Bonchev–Trinajstić information content (AvgIpc) is 2.99. The molecule has 0 aliphatic carbocycles. The van der Waals surface area contributed by atoms with Crippen LogP contribution in [-0.4, -0.2) is 32.3 Å². The van der Waals surface area contributed by atoms with Crippen molar-refractivity contribution in [1.29, 1.82) is 0 Å². The van der Waals surface area contributed by atoms with E-state index >= 15 is 0 Å². The van der Waals surface area contributed by atoms with Gasteiger partial charge in [-0.3, -0.25) is 0 Å². The molecule has 2 aromatic carbocycles. The highest BCUT2D eigenvalue weighted by Gasteiger charge is 2.09. The molecule has 3 rings (SSSR count). The van der Waals surface area contributed by atoms with Gasteiger partial charge in [-0.15, -0.1) is 0 Å². The highest BCUT2D eigenvalue weighted by atomic mass is 16.5. The lowest BCUT2D eigenvalue weighted by atomic mass is 10.3. The number of para-hydroxylation sites is 2. The van der Waals surface area contributed by atoms with Crippen molar-refractivity contribution in [3.05, 3.63) is 48.5 Å². The van der Waals surface area contributed by atoms with E-state index < -0.39 is 0 Å². The van der Waals surface area contributed by atoms with Gasteiger partial charge in [-0.1, -0.05) is 12.1 Å². The Hall–Kier alpha value is -2.69. The normalized spacial score (nSPS) is 10.6. The third-order valence-electron chi connectivity index (χ3n) is 3.36. The van der Waals surface area contributed by atoms with Gasteiger partial charge in [0.1, 0.15) is 23.6 Å². The molecule has 1 heterocycles. The van der Waals surface area contributed by atoms with Gasteiger partial charge in [-0.25, -0.2) is 0 Å². The van der Waals surface area contributed by atoms with Crippen LogP contribution in [-0.2, 0) is 0 Å². The first-order valence-electron chi connectivity index (χ1n) is 7.10. The Bertz CT molecular complexity index is 704. The van der Waals surface area contributed by atoms with Crippen LogP contribution >= 0.6 is 0 Å². The number of rotatable bonds is 6. The molecule has 0 aliphatic rings. The van der Waals surface area contributed by atoms with E-state index in [9.17, 15) is 0 Å². The van der Waals surface area contributed by atoms with E-state index in [4.69, 9.17) is 13.9 Å². The van der Waals surface area contributed by atoms with Crippen LogP contribution in [0.2, 0.25) is 0 Å². The second-order valence-electron chi connectivity index (χ2n) is 4.91. The lowest BCUT2D eigenvalue weighted by Gasteiger charge is -2.14. The van der Waals surface area contributed by atoms with E-state index in [1.165, 1.54) is 0 Å². The van der Waals surface area contributed by atoms with Crippen molar-refractivity contribution in [3.63, 3.8) is 0 Å². The molecule has 0 unspecified atom stereocenters. The van der Waals surface area contributed by atoms with Gasteiger partial charge in [0.15, 0.2) is 5.58 Å². The zero-order chi connectivity index (χ0) is 15.4. The Kier molecular flexibility index (Phi) is 4.14. The summed E-state index contributed by atoms with van der Waals surface area (Å²) in [5.41, 5.74) is 1.65. The highest BCUT2D eigenvalue weighted by Crippen LogP contribution is 2.21. The Morgan fingerprint density at radius 2 is 1.77 bits per heavy atom. The molecule has 0 N–H and O–H groups in total. The van der Waals surface area contributed by atoms with Crippen molar-refractivity contribution in [2.75, 3.05) is 32.2 Å². The topological polar surface area (TPSA) is 47.7 Å². The van der Waals surface area contributed by atoms with Crippen molar-refractivity contribution >= 4 is 17.1 Å². The van der Waals surface area contributed by atoms with Crippen LogP contribution in [0, 0.1) is 0 Å². The molecule has 0 fully saturated rings. The monoisotopic (exact) mass is 298 g/mol. The van der Waals surface area contributed by atoms with Crippen molar-refractivity contribution in [1.82, 2.24) is 4.98 Å². The molecule has 22 heavy (non-hydrogen) atoms. The fourth-order valence-corrected chi connectivity index (χ4v) is 2.09. The Morgan fingerprint density at radius 3 is 2.50 bits per heavy atom. The summed E-state index contributed by atoms with van der Waals surface area (Å²) in [6.07, 6.45) is 0. The van der Waals surface area contributed by atoms with Crippen LogP contribution < -0.4 is 14.4 Å². The molecule has 114 valence electrons. The first-order valence-corrected chi connectivity index (χ1v) is 7.10. The summed E-state index contributed by atoms with van der Waals surface area (Å²) in [5, 5.41) is 0. The summed E-state index contributed by atoms with van der Waals surface area (Å²) in [7, 11) is 3.58. The summed E-state index contributed by atoms with van der Waals surface area (Å²) in [4.78, 5) is 6.38. The smallest absolute Gasteiger partial charge is 0.298 e. The van der Waals surface area contributed by atoms with Gasteiger partial charge >= 0.3 is 0 Å². The molecule has 0 spiro atoms. The van der Waals surface area contributed by atoms with E-state index in [1.807, 2.05) is 60.5 Å². The van der Waals surface area contributed by atoms with E-state index in [-0.39, 0.29) is 0 Å². The average molecular weight is 298 g/mol. The molecule has 1 aromatic heterocycles. The molecule has 0 radical (unpaired) electrons. The maximum absolute atomic E-state index is 5.71. The fourth-order valence-electron chi connectivity index (χ4n) is 2.09. The standard InChI is InChI=1S/C17H18N2O3/c1-19(17-18-15-5-3-4-6-16(15)22-17)11-12-21-14-9-7-13(20-2)8-10-14/h3-10H,11-12H2,1-2H3. The van der Waals surface area contributed by atoms with Gasteiger partial charge in [-0.2, -0.15) is 4.98 Å². The number of ether oxygens (including phenoxy) is 2. The van der Waals surface area contributed by atoms with Crippen molar-refractivity contribution in [2.24, 2.45) is 0 Å². The first-order chi connectivity index (χ1) is 10.8. The predicted molar refractivity (Wildman–Crippen MR) is 85.8 cm³/mol. The summed E-state index contributed by atoms with van der Waals surface area (Å²) in [6, 6.07) is 15.8. The van der Waals surface area contributed by atoms with Crippen LogP contribution in [0.3, 0.4) is 0 Å². The van der Waals surface area contributed by atoms with Gasteiger partial charge < -0.3 is 18.8 Å². The van der Waals surface area contributed by atoms with E-state index in [2.05, 4.69) is 4.98 Å². The number of oxazole rings is 1. The molecule has 0 bridgehead atoms. The summed E-state index contributed by atoms with van der Waals surface area (Å²) < 4.78 is 16.5. The minimum Gasteiger partial charge on any atom is -0.497 e. The third-order valence-corrected chi connectivity index (χ3v) is 3.36. The van der Waals surface area contributed by atoms with Crippen LogP contribution in [0.4, 0.5) is 6.01 Å². The fraction of sp³-hybridized carbons (Fsp3) is 0.235. The minimum atomic E-state index is 0.543. The molecular weight excluding hydrogens is 280 g/mol. The molecule has 0 saturated heterocycles. The zero-order valence-corrected chi connectivity index (χ0v) is 12.7. The van der Waals surface area contributed by atoms with E-state index in [0.717, 1.165) is 22.6 Å². The highest BCUT2D eigenvalue weighted by molar-refractivity contribution is 5.74. The molecule has 0 atom stereocenters. The van der Waals surface area contributed by atoms with E-state index in [0.29, 0.717) is 19.2 Å². The summed E-state index contributed by atoms with van der Waals surface area (Å²) in [5.74, 6) is 1.63. The second-order valence-corrected chi connectivity index (χ2v) is 4.91. The maximum Gasteiger partial charge on any atom is 0.298 e. The molecule has 0 aliphatic heterocycles. The minimum absolute atomic E-state index is 0.543. The molecule has 0 amide bonds. The summed E-state index contributed by atoms with van der Waals surface area (Å²) in [6.45, 7) is 1.22. The van der Waals surface area contributed by atoms with Gasteiger partial charge in [0, 0.05) is 7.05 Å². The zero-order valence-electron chi connectivity index (χ0n) is 12.7. The SMILES string of the molecule is COc1ccc(OCCN(C)c2nc3ccccc3o2)cc1. The molecule has 5 nitrogen and oxygen atoms in total. The van der Waals surface area contributed by atoms with Crippen LogP contribution in [0.1, 0.15) is 0 Å². The number of aromatic nitrogens is 1. The lowest BCUT2D eigenvalue weighted by molar-refractivity contribution is 0.322. The number of methoxy groups -OCH3 is 1. The number of anilines is 1. The Labute approximate surface area is 129 Å². The predicted octanol–water partition coefficient (Wildman–Crippen LogP) is 3.35.